The van der Waals surface area contributed by atoms with Crippen LogP contribution in [0.5, 0.6) is 5.75 Å². The Hall–Kier alpha value is -2.60. The van der Waals surface area contributed by atoms with E-state index in [2.05, 4.69) is 11.9 Å². The summed E-state index contributed by atoms with van der Waals surface area (Å²) in [6.07, 6.45) is 1.80. The van der Waals surface area contributed by atoms with Crippen molar-refractivity contribution in [2.24, 2.45) is 7.05 Å². The number of rotatable bonds is 3. The Morgan fingerprint density at radius 1 is 1.12 bits per heavy atom. The third-order valence-corrected chi connectivity index (χ3v) is 5.66. The molecule has 3 heterocycles. The second-order valence-electron chi connectivity index (χ2n) is 7.27. The Kier molecular flexibility index (Phi) is 3.88. The maximum Gasteiger partial charge on any atom is 0.258 e. The molecule has 2 atom stereocenters. The minimum absolute atomic E-state index is 0.00897. The van der Waals surface area contributed by atoms with Crippen molar-refractivity contribution in [1.82, 2.24) is 14.4 Å². The fourth-order valence-corrected chi connectivity index (χ4v) is 3.95. The normalized spacial score (nSPS) is 21.6. The molecule has 4 rings (SSSR count). The van der Waals surface area contributed by atoms with Gasteiger partial charge in [-0.3, -0.25) is 14.5 Å². The van der Waals surface area contributed by atoms with Crippen LogP contribution < -0.4 is 10.3 Å². The van der Waals surface area contributed by atoms with Gasteiger partial charge in [0.25, 0.3) is 11.5 Å². The maximum absolute atomic E-state index is 12.9. The summed E-state index contributed by atoms with van der Waals surface area (Å²) in [6, 6.07) is 8.33. The van der Waals surface area contributed by atoms with Crippen LogP contribution in [0.15, 0.2) is 35.3 Å². The quantitative estimate of drug-likeness (QED) is 0.839. The Balaban J connectivity index is 1.65. The van der Waals surface area contributed by atoms with Gasteiger partial charge in [0.05, 0.1) is 18.7 Å². The van der Waals surface area contributed by atoms with Crippen molar-refractivity contribution in [2.45, 2.75) is 19.0 Å². The molecule has 2 unspecified atom stereocenters. The van der Waals surface area contributed by atoms with E-state index in [0.29, 0.717) is 29.0 Å². The first-order valence-corrected chi connectivity index (χ1v) is 8.77. The largest absolute Gasteiger partial charge is 0.496 e. The molecule has 0 N–H and O–H groups in total. The predicted molar refractivity (Wildman–Crippen MR) is 99.7 cm³/mol. The van der Waals surface area contributed by atoms with Crippen molar-refractivity contribution < 1.29 is 9.53 Å². The van der Waals surface area contributed by atoms with E-state index >= 15 is 0 Å². The molecule has 26 heavy (non-hydrogen) atoms. The highest BCUT2D eigenvalue weighted by atomic mass is 16.5. The Labute approximate surface area is 152 Å². The van der Waals surface area contributed by atoms with E-state index in [1.165, 1.54) is 0 Å². The Morgan fingerprint density at radius 2 is 1.88 bits per heavy atom. The number of hydrogen-bond acceptors (Lipinski definition) is 4. The molecule has 1 aromatic carbocycles. The number of nitrogens with zero attached hydrogens (tertiary/aromatic N) is 3. The number of ether oxygens (including phenoxy) is 1. The van der Waals surface area contributed by atoms with Gasteiger partial charge in [-0.2, -0.15) is 0 Å². The molecule has 6 nitrogen and oxygen atoms in total. The zero-order valence-corrected chi connectivity index (χ0v) is 15.5. The molecule has 1 aromatic heterocycles. The maximum atomic E-state index is 12.9. The number of hydrogen-bond donors (Lipinski definition) is 0. The molecule has 1 amide bonds. The highest BCUT2D eigenvalue weighted by Gasteiger charge is 2.52. The van der Waals surface area contributed by atoms with Gasteiger partial charge in [0, 0.05) is 37.9 Å². The molecule has 0 bridgehead atoms. The molecule has 0 radical (unpaired) electrons. The fourth-order valence-electron chi connectivity index (χ4n) is 3.95. The van der Waals surface area contributed by atoms with Crippen LogP contribution in [-0.2, 0) is 7.05 Å². The number of benzene rings is 1. The molecular formula is C20H23N3O3. The molecule has 0 aliphatic carbocycles. The van der Waals surface area contributed by atoms with Gasteiger partial charge in [0.1, 0.15) is 5.75 Å². The second-order valence-corrected chi connectivity index (χ2v) is 7.27. The third-order valence-electron chi connectivity index (χ3n) is 5.66. The van der Waals surface area contributed by atoms with Gasteiger partial charge < -0.3 is 14.2 Å². The van der Waals surface area contributed by atoms with E-state index < -0.39 is 0 Å². The van der Waals surface area contributed by atoms with E-state index in [-0.39, 0.29) is 11.5 Å². The summed E-state index contributed by atoms with van der Waals surface area (Å²) in [7, 11) is 5.41. The molecule has 2 aliphatic rings. The zero-order valence-electron chi connectivity index (χ0n) is 15.5. The van der Waals surface area contributed by atoms with Gasteiger partial charge in [-0.25, -0.2) is 0 Å². The van der Waals surface area contributed by atoms with Crippen molar-refractivity contribution in [1.29, 1.82) is 0 Å². The monoisotopic (exact) mass is 353 g/mol. The Bertz CT molecular complexity index is 924. The number of likely N-dealkylation sites (tertiary alicyclic amines) is 2. The van der Waals surface area contributed by atoms with E-state index in [9.17, 15) is 9.59 Å². The number of fused-ring (bicyclic) bond motifs is 1. The summed E-state index contributed by atoms with van der Waals surface area (Å²) in [5.41, 5.74) is 3.11. The molecule has 0 spiro atoms. The lowest BCUT2D eigenvalue weighted by atomic mass is 9.85. The van der Waals surface area contributed by atoms with Crippen molar-refractivity contribution in [3.63, 3.8) is 0 Å². The summed E-state index contributed by atoms with van der Waals surface area (Å²) in [6.45, 7) is 3.52. The number of carbonyl (C=O) groups excluding carboxylic acids is 1. The molecular weight excluding hydrogens is 330 g/mol. The topological polar surface area (TPSA) is 54.8 Å². The van der Waals surface area contributed by atoms with Crippen LogP contribution in [0.4, 0.5) is 0 Å². The van der Waals surface area contributed by atoms with Gasteiger partial charge >= 0.3 is 0 Å². The van der Waals surface area contributed by atoms with Crippen LogP contribution in [0.25, 0.3) is 11.1 Å². The summed E-state index contributed by atoms with van der Waals surface area (Å²) in [4.78, 5) is 29.0. The highest BCUT2D eigenvalue weighted by Crippen LogP contribution is 2.35. The van der Waals surface area contributed by atoms with E-state index in [4.69, 9.17) is 4.74 Å². The van der Waals surface area contributed by atoms with Gasteiger partial charge in [-0.05, 0) is 43.3 Å². The smallest absolute Gasteiger partial charge is 0.258 e. The number of pyridine rings is 1. The van der Waals surface area contributed by atoms with Crippen molar-refractivity contribution in [2.75, 3.05) is 27.2 Å². The number of likely N-dealkylation sites (N-methyl/N-ethyl adjacent to an activating group) is 1. The van der Waals surface area contributed by atoms with Gasteiger partial charge in [0.15, 0.2) is 0 Å². The molecule has 2 aromatic rings. The van der Waals surface area contributed by atoms with E-state index in [1.807, 2.05) is 29.2 Å². The minimum Gasteiger partial charge on any atom is -0.496 e. The van der Waals surface area contributed by atoms with E-state index in [1.54, 1.807) is 31.8 Å². The second kappa shape index (κ2) is 5.99. The molecule has 2 aliphatic heterocycles. The van der Waals surface area contributed by atoms with Crippen molar-refractivity contribution in [3.05, 3.63) is 51.9 Å². The lowest BCUT2D eigenvalue weighted by Gasteiger charge is -2.60. The van der Waals surface area contributed by atoms with Gasteiger partial charge in [-0.1, -0.05) is 6.07 Å². The average Bonchev–Trinajstić information content (AvgIpc) is 2.62. The number of amides is 1. The lowest BCUT2D eigenvalue weighted by molar-refractivity contribution is -0.0886. The number of aromatic nitrogens is 1. The number of piperazine rings is 1. The SMILES string of the molecule is COc1cc(-c2cc(C)c(=O)n(C)c2)ccc1C(=O)N1CC2C1CN2C. The first-order chi connectivity index (χ1) is 12.4. The van der Waals surface area contributed by atoms with Crippen LogP contribution >= 0.6 is 0 Å². The van der Waals surface area contributed by atoms with Crippen LogP contribution in [-0.4, -0.2) is 59.6 Å². The molecule has 2 fully saturated rings. The van der Waals surface area contributed by atoms with Gasteiger partial charge in [-0.15, -0.1) is 0 Å². The Morgan fingerprint density at radius 3 is 2.46 bits per heavy atom. The summed E-state index contributed by atoms with van der Waals surface area (Å²) >= 11 is 0. The van der Waals surface area contributed by atoms with Crippen LogP contribution in [0.3, 0.4) is 0 Å². The summed E-state index contributed by atoms with van der Waals surface area (Å²) < 4.78 is 7.08. The summed E-state index contributed by atoms with van der Waals surface area (Å²) in [5.74, 6) is 0.592. The number of aryl methyl sites for hydroxylation is 2. The van der Waals surface area contributed by atoms with Crippen molar-refractivity contribution >= 4 is 5.91 Å². The minimum atomic E-state index is -0.00897. The number of carbonyl (C=O) groups is 1. The van der Waals surface area contributed by atoms with Gasteiger partial charge in [0.2, 0.25) is 0 Å². The first-order valence-electron chi connectivity index (χ1n) is 8.77. The summed E-state index contributed by atoms with van der Waals surface area (Å²) in [5, 5.41) is 0. The highest BCUT2D eigenvalue weighted by molar-refractivity contribution is 5.98. The third kappa shape index (κ3) is 2.44. The van der Waals surface area contributed by atoms with E-state index in [0.717, 1.165) is 24.2 Å². The van der Waals surface area contributed by atoms with Crippen LogP contribution in [0.1, 0.15) is 15.9 Å². The standard InChI is InChI=1S/C20H23N3O3/c1-12-7-14(9-22(3)19(12)24)13-5-6-15(18(8-13)26-4)20(25)23-11-16-17(23)10-21(16)2/h5-9,16-17H,10-11H2,1-4H3. The average molecular weight is 353 g/mol. The molecule has 0 saturated carbocycles. The zero-order chi connectivity index (χ0) is 18.6. The fraction of sp³-hybridized carbons (Fsp3) is 0.400. The number of methoxy groups -OCH3 is 1. The first kappa shape index (κ1) is 16.8. The van der Waals surface area contributed by atoms with Crippen LogP contribution in [0, 0.1) is 6.92 Å². The molecule has 2 saturated heterocycles. The molecule has 136 valence electrons. The lowest BCUT2D eigenvalue weighted by Crippen LogP contribution is -2.78. The van der Waals surface area contributed by atoms with Crippen molar-refractivity contribution in [3.8, 4) is 16.9 Å². The molecule has 6 heteroatoms. The predicted octanol–water partition coefficient (Wildman–Crippen LogP) is 1.51. The van der Waals surface area contributed by atoms with Crippen LogP contribution in [0.2, 0.25) is 0 Å².